The average molecular weight is 256 g/mol. The lowest BCUT2D eigenvalue weighted by Crippen LogP contribution is -2.46. The Balaban J connectivity index is 2.78. The molecular formula is C15H28O3. The van der Waals surface area contributed by atoms with E-state index in [9.17, 15) is 9.90 Å². The maximum atomic E-state index is 12.1. The molecule has 3 atom stereocenters. The zero-order valence-corrected chi connectivity index (χ0v) is 12.1. The second-order valence-corrected chi connectivity index (χ2v) is 5.57. The van der Waals surface area contributed by atoms with E-state index in [2.05, 4.69) is 13.8 Å². The molecule has 3 nitrogen and oxygen atoms in total. The molecule has 1 N–H and O–H groups in total. The Hall–Kier alpha value is -0.570. The zero-order chi connectivity index (χ0) is 13.6. The fraction of sp³-hybridized carbons (Fsp3) is 0.933. The van der Waals surface area contributed by atoms with Gasteiger partial charge in [0.1, 0.15) is 0 Å². The summed E-state index contributed by atoms with van der Waals surface area (Å²) in [6.45, 7) is 6.43. The molecule has 1 aliphatic rings. The molecule has 0 aromatic carbocycles. The van der Waals surface area contributed by atoms with Crippen molar-refractivity contribution in [2.24, 2.45) is 11.8 Å². The van der Waals surface area contributed by atoms with Gasteiger partial charge in [-0.15, -0.1) is 0 Å². The van der Waals surface area contributed by atoms with E-state index in [4.69, 9.17) is 4.74 Å². The Bertz CT molecular complexity index is 264. The van der Waals surface area contributed by atoms with E-state index < -0.39 is 5.60 Å². The predicted molar refractivity (Wildman–Crippen MR) is 72.2 cm³/mol. The van der Waals surface area contributed by atoms with Crippen molar-refractivity contribution in [3.63, 3.8) is 0 Å². The molecule has 1 fully saturated rings. The number of ether oxygens (including phenoxy) is 1. The van der Waals surface area contributed by atoms with Gasteiger partial charge in [-0.2, -0.15) is 0 Å². The van der Waals surface area contributed by atoms with Crippen molar-refractivity contribution in [3.8, 4) is 0 Å². The Kier molecular flexibility index (Phi) is 6.13. The molecule has 0 heterocycles. The molecular weight excluding hydrogens is 228 g/mol. The number of hydrogen-bond acceptors (Lipinski definition) is 3. The largest absolute Gasteiger partial charge is 0.466 e. The highest BCUT2D eigenvalue weighted by molar-refractivity contribution is 5.73. The van der Waals surface area contributed by atoms with Crippen LogP contribution in [-0.2, 0) is 9.53 Å². The molecule has 0 amide bonds. The van der Waals surface area contributed by atoms with E-state index in [0.29, 0.717) is 12.5 Å². The van der Waals surface area contributed by atoms with Gasteiger partial charge in [-0.3, -0.25) is 4.79 Å². The summed E-state index contributed by atoms with van der Waals surface area (Å²) in [5.41, 5.74) is -0.832. The quantitative estimate of drug-likeness (QED) is 0.742. The Morgan fingerprint density at radius 1 is 1.44 bits per heavy atom. The predicted octanol–water partition coefficient (Wildman–Crippen LogP) is 3.30. The smallest absolute Gasteiger partial charge is 0.311 e. The van der Waals surface area contributed by atoms with E-state index in [-0.39, 0.29) is 11.9 Å². The molecule has 0 spiro atoms. The summed E-state index contributed by atoms with van der Waals surface area (Å²) < 4.78 is 5.14. The van der Waals surface area contributed by atoms with Crippen molar-refractivity contribution in [2.75, 3.05) is 6.61 Å². The number of esters is 1. The van der Waals surface area contributed by atoms with Gasteiger partial charge in [-0.1, -0.05) is 39.5 Å². The van der Waals surface area contributed by atoms with Gasteiger partial charge in [-0.05, 0) is 32.1 Å². The SMILES string of the molecule is CCCC(C(=O)OCC)C1(O)CCCC(CC)C1. The van der Waals surface area contributed by atoms with E-state index in [1.54, 1.807) is 0 Å². The molecule has 106 valence electrons. The summed E-state index contributed by atoms with van der Waals surface area (Å²) >= 11 is 0. The van der Waals surface area contributed by atoms with Crippen molar-refractivity contribution in [3.05, 3.63) is 0 Å². The lowest BCUT2D eigenvalue weighted by molar-refractivity contribution is -0.163. The van der Waals surface area contributed by atoms with Crippen LogP contribution in [0.5, 0.6) is 0 Å². The van der Waals surface area contributed by atoms with Gasteiger partial charge in [0.15, 0.2) is 0 Å². The second kappa shape index (κ2) is 7.13. The number of hydrogen-bond donors (Lipinski definition) is 1. The highest BCUT2D eigenvalue weighted by Gasteiger charge is 2.44. The van der Waals surface area contributed by atoms with Gasteiger partial charge in [0, 0.05) is 0 Å². The molecule has 3 unspecified atom stereocenters. The minimum Gasteiger partial charge on any atom is -0.466 e. The van der Waals surface area contributed by atoms with Gasteiger partial charge in [-0.25, -0.2) is 0 Å². The summed E-state index contributed by atoms with van der Waals surface area (Å²) in [4.78, 5) is 12.1. The van der Waals surface area contributed by atoms with Gasteiger partial charge >= 0.3 is 5.97 Å². The summed E-state index contributed by atoms with van der Waals surface area (Å²) in [6.07, 6.45) is 6.42. The van der Waals surface area contributed by atoms with Crippen LogP contribution in [0.1, 0.15) is 65.7 Å². The van der Waals surface area contributed by atoms with Crippen LogP contribution in [-0.4, -0.2) is 23.3 Å². The van der Waals surface area contributed by atoms with Crippen LogP contribution in [0.2, 0.25) is 0 Å². The Morgan fingerprint density at radius 3 is 2.72 bits per heavy atom. The second-order valence-electron chi connectivity index (χ2n) is 5.57. The van der Waals surface area contributed by atoms with Crippen molar-refractivity contribution in [1.82, 2.24) is 0 Å². The van der Waals surface area contributed by atoms with Gasteiger partial charge in [0.2, 0.25) is 0 Å². The molecule has 1 saturated carbocycles. The van der Waals surface area contributed by atoms with E-state index >= 15 is 0 Å². The maximum absolute atomic E-state index is 12.1. The van der Waals surface area contributed by atoms with Crippen LogP contribution >= 0.6 is 0 Å². The lowest BCUT2D eigenvalue weighted by atomic mass is 9.69. The monoisotopic (exact) mass is 256 g/mol. The summed E-state index contributed by atoms with van der Waals surface area (Å²) in [7, 11) is 0. The minimum absolute atomic E-state index is 0.210. The van der Waals surface area contributed by atoms with Crippen molar-refractivity contribution >= 4 is 5.97 Å². The first-order valence-corrected chi connectivity index (χ1v) is 7.46. The number of rotatable bonds is 6. The topological polar surface area (TPSA) is 46.5 Å². The average Bonchev–Trinajstić information content (AvgIpc) is 2.36. The van der Waals surface area contributed by atoms with Gasteiger partial charge in [0.05, 0.1) is 18.1 Å². The van der Waals surface area contributed by atoms with Crippen molar-refractivity contribution < 1.29 is 14.6 Å². The normalized spacial score (nSPS) is 29.9. The van der Waals surface area contributed by atoms with Crippen LogP contribution in [0.3, 0.4) is 0 Å². The molecule has 1 aliphatic carbocycles. The van der Waals surface area contributed by atoms with Crippen molar-refractivity contribution in [2.45, 2.75) is 71.3 Å². The van der Waals surface area contributed by atoms with Crippen LogP contribution < -0.4 is 0 Å². The molecule has 0 aromatic rings. The Labute approximate surface area is 111 Å². The highest BCUT2D eigenvalue weighted by Crippen LogP contribution is 2.41. The number of aliphatic hydroxyl groups is 1. The first-order chi connectivity index (χ1) is 8.57. The molecule has 1 rings (SSSR count). The minimum atomic E-state index is -0.832. The highest BCUT2D eigenvalue weighted by atomic mass is 16.5. The molecule has 0 aromatic heterocycles. The molecule has 0 aliphatic heterocycles. The first kappa shape index (κ1) is 15.5. The van der Waals surface area contributed by atoms with Crippen LogP contribution in [0.25, 0.3) is 0 Å². The molecule has 0 radical (unpaired) electrons. The Morgan fingerprint density at radius 2 is 2.17 bits per heavy atom. The van der Waals surface area contributed by atoms with Crippen molar-refractivity contribution in [1.29, 1.82) is 0 Å². The van der Waals surface area contributed by atoms with E-state index in [0.717, 1.165) is 38.5 Å². The maximum Gasteiger partial charge on any atom is 0.311 e. The molecule has 0 bridgehead atoms. The summed E-state index contributed by atoms with van der Waals surface area (Å²) in [5.74, 6) is 0.00735. The summed E-state index contributed by atoms with van der Waals surface area (Å²) in [5, 5.41) is 10.9. The van der Waals surface area contributed by atoms with Crippen LogP contribution in [0.4, 0.5) is 0 Å². The first-order valence-electron chi connectivity index (χ1n) is 7.46. The van der Waals surface area contributed by atoms with Gasteiger partial charge in [0.25, 0.3) is 0 Å². The molecule has 18 heavy (non-hydrogen) atoms. The third-order valence-electron chi connectivity index (χ3n) is 4.24. The van der Waals surface area contributed by atoms with Crippen LogP contribution in [0.15, 0.2) is 0 Å². The van der Waals surface area contributed by atoms with Gasteiger partial charge < -0.3 is 9.84 Å². The lowest BCUT2D eigenvalue weighted by Gasteiger charge is -2.41. The fourth-order valence-corrected chi connectivity index (χ4v) is 3.20. The molecule has 0 saturated heterocycles. The fourth-order valence-electron chi connectivity index (χ4n) is 3.20. The number of carbonyl (C=O) groups is 1. The van der Waals surface area contributed by atoms with E-state index in [1.165, 1.54) is 6.42 Å². The number of carbonyl (C=O) groups excluding carboxylic acids is 1. The third-order valence-corrected chi connectivity index (χ3v) is 4.24. The zero-order valence-electron chi connectivity index (χ0n) is 12.1. The third kappa shape index (κ3) is 3.71. The van der Waals surface area contributed by atoms with E-state index in [1.807, 2.05) is 6.92 Å². The van der Waals surface area contributed by atoms with Crippen LogP contribution in [0, 0.1) is 11.8 Å². The molecule has 3 heteroatoms. The standard InChI is InChI=1S/C15H28O3/c1-4-8-13(14(16)18-6-3)15(17)10-7-9-12(5-2)11-15/h12-13,17H,4-11H2,1-3H3. The summed E-state index contributed by atoms with van der Waals surface area (Å²) in [6, 6.07) is 0.